The van der Waals surface area contributed by atoms with Gasteiger partial charge >= 0.3 is 0 Å². The summed E-state index contributed by atoms with van der Waals surface area (Å²) in [5.74, 6) is -1.16. The lowest BCUT2D eigenvalue weighted by Crippen LogP contribution is -2.20. The smallest absolute Gasteiger partial charge is 0.200 e. The number of methoxy groups -OCH3 is 1. The van der Waals surface area contributed by atoms with E-state index in [0.717, 1.165) is 25.7 Å². The van der Waals surface area contributed by atoms with Gasteiger partial charge in [0.1, 0.15) is 11.6 Å². The average molecular weight is 378 g/mol. The Morgan fingerprint density at radius 1 is 0.963 bits per heavy atom. The topological polar surface area (TPSA) is 18.5 Å². The summed E-state index contributed by atoms with van der Waals surface area (Å²) in [6, 6.07) is 8.08. The minimum Gasteiger partial charge on any atom is -0.494 e. The molecule has 27 heavy (non-hydrogen) atoms. The highest BCUT2D eigenvalue weighted by Crippen LogP contribution is 2.38. The van der Waals surface area contributed by atoms with Crippen LogP contribution in [0, 0.1) is 23.4 Å². The lowest BCUT2D eigenvalue weighted by molar-refractivity contribution is 0.198. The van der Waals surface area contributed by atoms with Crippen LogP contribution < -0.4 is 9.47 Å². The monoisotopic (exact) mass is 378 g/mol. The number of rotatable bonds is 6. The SMILES string of the molecule is CCc1ccc(OCC2CCC(c3ccc(OC)c(F)c3F)CC2)cc1F. The van der Waals surface area contributed by atoms with Crippen LogP contribution >= 0.6 is 0 Å². The van der Waals surface area contributed by atoms with Crippen LogP contribution in [0.25, 0.3) is 0 Å². The van der Waals surface area contributed by atoms with Gasteiger partial charge in [0.15, 0.2) is 11.6 Å². The van der Waals surface area contributed by atoms with Crippen molar-refractivity contribution >= 4 is 0 Å². The lowest BCUT2D eigenvalue weighted by Gasteiger charge is -2.29. The highest BCUT2D eigenvalue weighted by molar-refractivity contribution is 5.33. The molecule has 3 rings (SSSR count). The van der Waals surface area contributed by atoms with E-state index in [1.807, 2.05) is 6.92 Å². The molecule has 0 radical (unpaired) electrons. The Balaban J connectivity index is 1.55. The molecular formula is C22H25F3O2. The summed E-state index contributed by atoms with van der Waals surface area (Å²) in [4.78, 5) is 0. The Bertz CT molecular complexity index is 783. The zero-order valence-electron chi connectivity index (χ0n) is 15.7. The highest BCUT2D eigenvalue weighted by atomic mass is 19.2. The third kappa shape index (κ3) is 4.40. The Morgan fingerprint density at radius 3 is 2.33 bits per heavy atom. The van der Waals surface area contributed by atoms with Gasteiger partial charge in [-0.15, -0.1) is 0 Å². The van der Waals surface area contributed by atoms with E-state index in [9.17, 15) is 13.2 Å². The molecule has 2 aromatic carbocycles. The Labute approximate surface area is 158 Å². The molecule has 1 aliphatic carbocycles. The van der Waals surface area contributed by atoms with Gasteiger partial charge in [-0.25, -0.2) is 8.78 Å². The van der Waals surface area contributed by atoms with Gasteiger partial charge in [-0.05, 0) is 67.2 Å². The van der Waals surface area contributed by atoms with E-state index >= 15 is 0 Å². The molecule has 0 aromatic heterocycles. The van der Waals surface area contributed by atoms with Gasteiger partial charge in [0.05, 0.1) is 13.7 Å². The summed E-state index contributed by atoms with van der Waals surface area (Å²) in [5, 5.41) is 0. The molecule has 2 nitrogen and oxygen atoms in total. The molecular weight excluding hydrogens is 353 g/mol. The number of aryl methyl sites for hydroxylation is 1. The van der Waals surface area contributed by atoms with Gasteiger partial charge in [0.25, 0.3) is 0 Å². The normalized spacial score (nSPS) is 19.7. The van der Waals surface area contributed by atoms with Crippen molar-refractivity contribution in [2.24, 2.45) is 5.92 Å². The summed E-state index contributed by atoms with van der Waals surface area (Å²) in [5.41, 5.74) is 1.10. The van der Waals surface area contributed by atoms with E-state index < -0.39 is 11.6 Å². The second-order valence-electron chi connectivity index (χ2n) is 7.12. The van der Waals surface area contributed by atoms with Gasteiger partial charge in [-0.3, -0.25) is 0 Å². The van der Waals surface area contributed by atoms with E-state index in [1.165, 1.54) is 19.2 Å². The predicted octanol–water partition coefficient (Wildman–Crippen LogP) is 6.03. The molecule has 0 N–H and O–H groups in total. The molecule has 5 heteroatoms. The van der Waals surface area contributed by atoms with Gasteiger partial charge < -0.3 is 9.47 Å². The molecule has 0 atom stereocenters. The molecule has 0 amide bonds. The van der Waals surface area contributed by atoms with Crippen molar-refractivity contribution in [3.8, 4) is 11.5 Å². The summed E-state index contributed by atoms with van der Waals surface area (Å²) < 4.78 is 52.6. The fourth-order valence-corrected chi connectivity index (χ4v) is 3.78. The second-order valence-corrected chi connectivity index (χ2v) is 7.12. The summed E-state index contributed by atoms with van der Waals surface area (Å²) >= 11 is 0. The number of ether oxygens (including phenoxy) is 2. The van der Waals surface area contributed by atoms with Crippen molar-refractivity contribution < 1.29 is 22.6 Å². The van der Waals surface area contributed by atoms with Crippen LogP contribution in [-0.2, 0) is 6.42 Å². The van der Waals surface area contributed by atoms with Gasteiger partial charge in [-0.2, -0.15) is 4.39 Å². The van der Waals surface area contributed by atoms with Crippen LogP contribution in [0.2, 0.25) is 0 Å². The zero-order valence-corrected chi connectivity index (χ0v) is 15.7. The Kier molecular flexibility index (Phi) is 6.30. The fraction of sp³-hybridized carbons (Fsp3) is 0.455. The van der Waals surface area contributed by atoms with Crippen molar-refractivity contribution in [3.63, 3.8) is 0 Å². The summed E-state index contributed by atoms with van der Waals surface area (Å²) in [7, 11) is 1.32. The second kappa shape index (κ2) is 8.68. The summed E-state index contributed by atoms with van der Waals surface area (Å²) in [6.07, 6.45) is 3.94. The number of hydrogen-bond donors (Lipinski definition) is 0. The first-order valence-corrected chi connectivity index (χ1v) is 9.46. The molecule has 146 valence electrons. The zero-order chi connectivity index (χ0) is 19.4. The van der Waals surface area contributed by atoms with Gasteiger partial charge in [-0.1, -0.05) is 19.1 Å². The first kappa shape index (κ1) is 19.6. The maximum Gasteiger partial charge on any atom is 0.200 e. The van der Waals surface area contributed by atoms with Crippen molar-refractivity contribution in [2.45, 2.75) is 44.9 Å². The number of hydrogen-bond acceptors (Lipinski definition) is 2. The average Bonchev–Trinajstić information content (AvgIpc) is 2.69. The Hall–Kier alpha value is -2.17. The third-order valence-corrected chi connectivity index (χ3v) is 5.47. The number of halogens is 3. The molecule has 0 unspecified atom stereocenters. The molecule has 0 bridgehead atoms. The molecule has 1 saturated carbocycles. The van der Waals surface area contributed by atoms with Crippen LogP contribution in [0.5, 0.6) is 11.5 Å². The first-order chi connectivity index (χ1) is 13.0. The maximum absolute atomic E-state index is 14.3. The van der Waals surface area contributed by atoms with E-state index in [2.05, 4.69) is 0 Å². The standard InChI is InChI=1S/C22H25F3O2/c1-3-15-8-9-17(12-19(15)23)27-13-14-4-6-16(7-5-14)18-10-11-20(26-2)22(25)21(18)24/h8-12,14,16H,3-7,13H2,1-2H3. The largest absolute Gasteiger partial charge is 0.494 e. The van der Waals surface area contributed by atoms with Crippen LogP contribution in [-0.4, -0.2) is 13.7 Å². The quantitative estimate of drug-likeness (QED) is 0.611. The van der Waals surface area contributed by atoms with Crippen molar-refractivity contribution in [3.05, 3.63) is 58.9 Å². The molecule has 0 heterocycles. The van der Waals surface area contributed by atoms with Gasteiger partial charge in [0.2, 0.25) is 5.82 Å². The van der Waals surface area contributed by atoms with Crippen molar-refractivity contribution in [1.29, 1.82) is 0 Å². The molecule has 1 aliphatic rings. The third-order valence-electron chi connectivity index (χ3n) is 5.47. The number of benzene rings is 2. The molecule has 0 saturated heterocycles. The predicted molar refractivity (Wildman–Crippen MR) is 98.9 cm³/mol. The van der Waals surface area contributed by atoms with Crippen LogP contribution in [0.3, 0.4) is 0 Å². The van der Waals surface area contributed by atoms with Crippen molar-refractivity contribution in [2.75, 3.05) is 13.7 Å². The van der Waals surface area contributed by atoms with Crippen LogP contribution in [0.15, 0.2) is 30.3 Å². The van der Waals surface area contributed by atoms with E-state index in [-0.39, 0.29) is 17.5 Å². The highest BCUT2D eigenvalue weighted by Gasteiger charge is 2.27. The van der Waals surface area contributed by atoms with Gasteiger partial charge in [0, 0.05) is 6.07 Å². The molecule has 2 aromatic rings. The molecule has 0 aliphatic heterocycles. The first-order valence-electron chi connectivity index (χ1n) is 9.46. The van der Waals surface area contributed by atoms with E-state index in [1.54, 1.807) is 18.2 Å². The van der Waals surface area contributed by atoms with E-state index in [4.69, 9.17) is 9.47 Å². The van der Waals surface area contributed by atoms with Crippen molar-refractivity contribution in [1.82, 2.24) is 0 Å². The fourth-order valence-electron chi connectivity index (χ4n) is 3.78. The molecule has 0 spiro atoms. The van der Waals surface area contributed by atoms with Crippen LogP contribution in [0.4, 0.5) is 13.2 Å². The van der Waals surface area contributed by atoms with Crippen LogP contribution in [0.1, 0.15) is 49.7 Å². The molecule has 1 fully saturated rings. The lowest BCUT2D eigenvalue weighted by atomic mass is 9.79. The minimum absolute atomic E-state index is 0.00272. The van der Waals surface area contributed by atoms with E-state index in [0.29, 0.717) is 35.8 Å². The Morgan fingerprint density at radius 2 is 1.70 bits per heavy atom. The summed E-state index contributed by atoms with van der Waals surface area (Å²) in [6.45, 7) is 2.42. The maximum atomic E-state index is 14.3. The minimum atomic E-state index is -0.919.